The van der Waals surface area contributed by atoms with Gasteiger partial charge in [-0.1, -0.05) is 58.9 Å². The van der Waals surface area contributed by atoms with E-state index in [1.165, 1.54) is 5.56 Å². The quantitative estimate of drug-likeness (QED) is 0.934. The first-order chi connectivity index (χ1) is 10.7. The normalized spacial score (nSPS) is 11.8. The lowest BCUT2D eigenvalue weighted by Crippen LogP contribution is -2.27. The summed E-state index contributed by atoms with van der Waals surface area (Å²) in [4.78, 5) is 12.1. The van der Waals surface area contributed by atoms with Crippen LogP contribution >= 0.6 is 0 Å². The number of carbonyl (C=O) groups excluding carboxylic acids is 1. The van der Waals surface area contributed by atoms with Crippen LogP contribution in [0.25, 0.3) is 11.3 Å². The lowest BCUT2D eigenvalue weighted by Gasteiger charge is -2.19. The number of aryl methyl sites for hydroxylation is 1. The van der Waals surface area contributed by atoms with E-state index in [1.54, 1.807) is 4.68 Å². The van der Waals surface area contributed by atoms with Gasteiger partial charge in [0.1, 0.15) is 0 Å². The van der Waals surface area contributed by atoms with Crippen molar-refractivity contribution in [1.82, 2.24) is 15.1 Å². The van der Waals surface area contributed by atoms with Crippen LogP contribution in [0.4, 0.5) is 0 Å². The highest BCUT2D eigenvalue weighted by molar-refractivity contribution is 5.93. The van der Waals surface area contributed by atoms with Crippen LogP contribution in [0.3, 0.4) is 0 Å². The number of nitrogens with one attached hydrogen (secondary N) is 1. The molecule has 0 aliphatic rings. The Morgan fingerprint density at radius 1 is 1.22 bits per heavy atom. The molecule has 0 aliphatic carbocycles. The van der Waals surface area contributed by atoms with Crippen LogP contribution < -0.4 is 5.32 Å². The van der Waals surface area contributed by atoms with Crippen LogP contribution in [-0.4, -0.2) is 22.2 Å². The van der Waals surface area contributed by atoms with Crippen LogP contribution in [0, 0.1) is 5.92 Å². The predicted molar refractivity (Wildman–Crippen MR) is 94.5 cm³/mol. The second-order valence-corrected chi connectivity index (χ2v) is 7.47. The Morgan fingerprint density at radius 3 is 2.35 bits per heavy atom. The number of hydrogen-bond donors (Lipinski definition) is 1. The minimum Gasteiger partial charge on any atom is -0.350 e. The minimum absolute atomic E-state index is 0.119. The van der Waals surface area contributed by atoms with Crippen LogP contribution in [-0.2, 0) is 12.5 Å². The van der Waals surface area contributed by atoms with Gasteiger partial charge in [0.25, 0.3) is 5.91 Å². The van der Waals surface area contributed by atoms with Crippen molar-refractivity contribution in [1.29, 1.82) is 0 Å². The molecule has 0 atom stereocenters. The fraction of sp³-hybridized carbons (Fsp3) is 0.474. The molecular formula is C19H27N3O. The smallest absolute Gasteiger partial charge is 0.271 e. The van der Waals surface area contributed by atoms with Gasteiger partial charge in [0.2, 0.25) is 0 Å². The van der Waals surface area contributed by atoms with Crippen molar-refractivity contribution in [2.45, 2.75) is 40.0 Å². The molecule has 1 heterocycles. The summed E-state index contributed by atoms with van der Waals surface area (Å²) in [7, 11) is 1.87. The molecule has 1 N–H and O–H groups in total. The lowest BCUT2D eigenvalue weighted by molar-refractivity contribution is 0.0943. The third kappa shape index (κ3) is 4.21. The number of rotatable bonds is 4. The van der Waals surface area contributed by atoms with E-state index in [-0.39, 0.29) is 11.3 Å². The molecular weight excluding hydrogens is 286 g/mol. The molecule has 4 heteroatoms. The largest absolute Gasteiger partial charge is 0.350 e. The maximum atomic E-state index is 12.1. The molecule has 1 aromatic heterocycles. The van der Waals surface area contributed by atoms with Gasteiger partial charge >= 0.3 is 0 Å². The molecule has 0 radical (unpaired) electrons. The first-order valence-corrected chi connectivity index (χ1v) is 8.11. The molecule has 0 saturated carbocycles. The Labute approximate surface area is 138 Å². The molecule has 124 valence electrons. The van der Waals surface area contributed by atoms with Gasteiger partial charge < -0.3 is 5.32 Å². The molecule has 1 amide bonds. The first-order valence-electron chi connectivity index (χ1n) is 8.11. The third-order valence-electron chi connectivity index (χ3n) is 3.83. The number of carbonyl (C=O) groups is 1. The number of hydrogen-bond acceptors (Lipinski definition) is 2. The summed E-state index contributed by atoms with van der Waals surface area (Å²) in [5.41, 5.74) is 3.89. The summed E-state index contributed by atoms with van der Waals surface area (Å²) < 4.78 is 1.76. The fourth-order valence-electron chi connectivity index (χ4n) is 2.38. The maximum absolute atomic E-state index is 12.1. The van der Waals surface area contributed by atoms with E-state index in [2.05, 4.69) is 69.3 Å². The van der Waals surface area contributed by atoms with Crippen molar-refractivity contribution in [3.05, 3.63) is 41.6 Å². The molecule has 0 spiro atoms. The van der Waals surface area contributed by atoms with E-state index in [1.807, 2.05) is 13.1 Å². The van der Waals surface area contributed by atoms with Gasteiger partial charge in [-0.2, -0.15) is 5.10 Å². The summed E-state index contributed by atoms with van der Waals surface area (Å²) in [5.74, 6) is 0.305. The molecule has 1 aromatic carbocycles. The van der Waals surface area contributed by atoms with Crippen molar-refractivity contribution in [3.63, 3.8) is 0 Å². The Kier molecular flexibility index (Phi) is 4.93. The summed E-state index contributed by atoms with van der Waals surface area (Å²) in [6, 6.07) is 10.3. The molecule has 0 aliphatic heterocycles. The average Bonchev–Trinajstić information content (AvgIpc) is 2.86. The van der Waals surface area contributed by atoms with Gasteiger partial charge in [0.05, 0.1) is 5.69 Å². The van der Waals surface area contributed by atoms with Gasteiger partial charge in [-0.15, -0.1) is 0 Å². The standard InChI is InChI=1S/C19H27N3O/c1-13(2)12-20-18(23)16-11-17(22(6)21-16)14-7-9-15(10-8-14)19(3,4)5/h7-11,13H,12H2,1-6H3,(H,20,23). The van der Waals surface area contributed by atoms with E-state index in [9.17, 15) is 4.79 Å². The topological polar surface area (TPSA) is 46.9 Å². The highest BCUT2D eigenvalue weighted by Gasteiger charge is 2.16. The lowest BCUT2D eigenvalue weighted by atomic mass is 9.86. The van der Waals surface area contributed by atoms with E-state index < -0.39 is 0 Å². The third-order valence-corrected chi connectivity index (χ3v) is 3.83. The molecule has 2 aromatic rings. The molecule has 23 heavy (non-hydrogen) atoms. The maximum Gasteiger partial charge on any atom is 0.271 e. The Bertz CT molecular complexity index is 676. The summed E-state index contributed by atoms with van der Waals surface area (Å²) in [6.45, 7) is 11.4. The Morgan fingerprint density at radius 2 is 1.83 bits per heavy atom. The van der Waals surface area contributed by atoms with Crippen molar-refractivity contribution >= 4 is 5.91 Å². The van der Waals surface area contributed by atoms with Crippen LogP contribution in [0.2, 0.25) is 0 Å². The fourth-order valence-corrected chi connectivity index (χ4v) is 2.38. The van der Waals surface area contributed by atoms with Crippen LogP contribution in [0.5, 0.6) is 0 Å². The van der Waals surface area contributed by atoms with E-state index in [4.69, 9.17) is 0 Å². The summed E-state index contributed by atoms with van der Waals surface area (Å²) >= 11 is 0. The van der Waals surface area contributed by atoms with Crippen molar-refractivity contribution < 1.29 is 4.79 Å². The zero-order valence-electron chi connectivity index (χ0n) is 15.0. The monoisotopic (exact) mass is 313 g/mol. The van der Waals surface area contributed by atoms with E-state index >= 15 is 0 Å². The highest BCUT2D eigenvalue weighted by Crippen LogP contribution is 2.26. The number of amides is 1. The van der Waals surface area contributed by atoms with Crippen LogP contribution in [0.15, 0.2) is 30.3 Å². The summed E-state index contributed by atoms with van der Waals surface area (Å²) in [5, 5.41) is 7.25. The van der Waals surface area contributed by atoms with Gasteiger partial charge in [-0.05, 0) is 28.5 Å². The zero-order chi connectivity index (χ0) is 17.2. The number of benzene rings is 1. The van der Waals surface area contributed by atoms with Gasteiger partial charge in [-0.25, -0.2) is 0 Å². The van der Waals surface area contributed by atoms with Gasteiger partial charge in [-0.3, -0.25) is 9.48 Å². The molecule has 2 rings (SSSR count). The average molecular weight is 313 g/mol. The van der Waals surface area contributed by atoms with Crippen molar-refractivity contribution in [2.75, 3.05) is 6.54 Å². The Balaban J connectivity index is 2.22. The van der Waals surface area contributed by atoms with Crippen molar-refractivity contribution in [3.8, 4) is 11.3 Å². The number of aromatic nitrogens is 2. The van der Waals surface area contributed by atoms with E-state index in [0.717, 1.165) is 11.3 Å². The Hall–Kier alpha value is -2.10. The molecule has 0 unspecified atom stereocenters. The molecule has 0 fully saturated rings. The second kappa shape index (κ2) is 6.57. The van der Waals surface area contributed by atoms with E-state index in [0.29, 0.717) is 18.2 Å². The molecule has 4 nitrogen and oxygen atoms in total. The highest BCUT2D eigenvalue weighted by atomic mass is 16.1. The minimum atomic E-state index is -0.119. The number of nitrogens with zero attached hydrogens (tertiary/aromatic N) is 2. The SMILES string of the molecule is CC(C)CNC(=O)c1cc(-c2ccc(C(C)(C)C)cc2)n(C)n1. The van der Waals surface area contributed by atoms with Crippen LogP contribution in [0.1, 0.15) is 50.7 Å². The predicted octanol–water partition coefficient (Wildman–Crippen LogP) is 3.77. The molecule has 0 saturated heterocycles. The first kappa shape index (κ1) is 17.3. The van der Waals surface area contributed by atoms with Crippen molar-refractivity contribution in [2.24, 2.45) is 13.0 Å². The van der Waals surface area contributed by atoms with Gasteiger partial charge in [0, 0.05) is 13.6 Å². The summed E-state index contributed by atoms with van der Waals surface area (Å²) in [6.07, 6.45) is 0. The second-order valence-electron chi connectivity index (χ2n) is 7.47. The zero-order valence-corrected chi connectivity index (χ0v) is 15.0. The molecule has 0 bridgehead atoms. The van der Waals surface area contributed by atoms with Gasteiger partial charge in [0.15, 0.2) is 5.69 Å².